The fraction of sp³-hybridized carbons (Fsp3) is 0.667. The summed E-state index contributed by atoms with van der Waals surface area (Å²) < 4.78 is 5.51. The van der Waals surface area contributed by atoms with Crippen molar-refractivity contribution in [2.24, 2.45) is 0 Å². The molecule has 2 aliphatic rings. The highest BCUT2D eigenvalue weighted by Gasteiger charge is 2.35. The molecule has 24 heavy (non-hydrogen) atoms. The second-order valence-corrected chi connectivity index (χ2v) is 6.97. The van der Waals surface area contributed by atoms with Gasteiger partial charge in [0.2, 0.25) is 5.91 Å². The molecule has 6 nitrogen and oxygen atoms in total. The summed E-state index contributed by atoms with van der Waals surface area (Å²) in [5, 5.41) is 13.8. The first-order valence-corrected chi connectivity index (χ1v) is 8.81. The lowest BCUT2D eigenvalue weighted by molar-refractivity contribution is -0.124. The van der Waals surface area contributed by atoms with Crippen LogP contribution in [0, 0.1) is 6.92 Å². The van der Waals surface area contributed by atoms with Crippen LogP contribution in [0.15, 0.2) is 18.3 Å². The molecule has 0 aliphatic carbocycles. The smallest absolute Gasteiger partial charge is 0.234 e. The normalized spacial score (nSPS) is 24.0. The Bertz CT molecular complexity index is 547. The van der Waals surface area contributed by atoms with E-state index in [4.69, 9.17) is 4.74 Å². The number of nitrogens with one attached hydrogen (secondary N) is 1. The molecule has 1 amide bonds. The molecule has 0 bridgehead atoms. The zero-order valence-corrected chi connectivity index (χ0v) is 14.3. The number of rotatable bonds is 5. The van der Waals surface area contributed by atoms with Gasteiger partial charge in [-0.05, 0) is 44.2 Å². The number of ether oxygens (including phenoxy) is 1. The Morgan fingerprint density at radius 1 is 1.46 bits per heavy atom. The fourth-order valence-corrected chi connectivity index (χ4v) is 3.37. The van der Waals surface area contributed by atoms with Gasteiger partial charge in [-0.15, -0.1) is 0 Å². The fourth-order valence-electron chi connectivity index (χ4n) is 3.37. The van der Waals surface area contributed by atoms with Crippen molar-refractivity contribution in [3.8, 4) is 0 Å². The van der Waals surface area contributed by atoms with E-state index in [1.807, 2.05) is 19.1 Å². The number of hydrogen-bond acceptors (Lipinski definition) is 5. The summed E-state index contributed by atoms with van der Waals surface area (Å²) in [6.07, 6.45) is 5.27. The van der Waals surface area contributed by atoms with Gasteiger partial charge in [0.1, 0.15) is 5.60 Å². The molecule has 1 aromatic heterocycles. The number of nitrogens with zero attached hydrogens (tertiary/aromatic N) is 2. The van der Waals surface area contributed by atoms with E-state index in [0.29, 0.717) is 39.0 Å². The van der Waals surface area contributed by atoms with Gasteiger partial charge in [0.05, 0.1) is 18.3 Å². The molecule has 2 aliphatic heterocycles. The minimum absolute atomic E-state index is 0.0319. The molecule has 2 fully saturated rings. The van der Waals surface area contributed by atoms with Crippen molar-refractivity contribution < 1.29 is 14.6 Å². The van der Waals surface area contributed by atoms with E-state index in [1.165, 1.54) is 0 Å². The Kier molecular flexibility index (Phi) is 5.48. The Morgan fingerprint density at radius 3 is 2.88 bits per heavy atom. The highest BCUT2D eigenvalue weighted by atomic mass is 16.5. The summed E-state index contributed by atoms with van der Waals surface area (Å²) in [6.45, 7) is 5.16. The van der Waals surface area contributed by atoms with Crippen LogP contribution >= 0.6 is 0 Å². The van der Waals surface area contributed by atoms with Crippen molar-refractivity contribution in [2.45, 2.75) is 44.3 Å². The number of amides is 1. The number of pyridine rings is 1. The van der Waals surface area contributed by atoms with Gasteiger partial charge in [-0.2, -0.15) is 0 Å². The maximum Gasteiger partial charge on any atom is 0.234 e. The number of likely N-dealkylation sites (tertiary alicyclic amines) is 1. The van der Waals surface area contributed by atoms with Crippen LogP contribution in [0.4, 0.5) is 0 Å². The van der Waals surface area contributed by atoms with E-state index < -0.39 is 5.60 Å². The van der Waals surface area contributed by atoms with Crippen molar-refractivity contribution in [1.82, 2.24) is 15.2 Å². The molecular formula is C18H27N3O3. The average Bonchev–Trinajstić information content (AvgIpc) is 3.09. The van der Waals surface area contributed by atoms with Gasteiger partial charge in [-0.25, -0.2) is 0 Å². The number of hydrogen-bond donors (Lipinski definition) is 2. The zero-order valence-electron chi connectivity index (χ0n) is 14.3. The third-order valence-electron chi connectivity index (χ3n) is 4.99. The topological polar surface area (TPSA) is 74.7 Å². The lowest BCUT2D eigenvalue weighted by atomic mass is 9.87. The van der Waals surface area contributed by atoms with Crippen LogP contribution in [0.2, 0.25) is 0 Å². The van der Waals surface area contributed by atoms with Gasteiger partial charge in [-0.3, -0.25) is 14.7 Å². The number of aryl methyl sites for hydroxylation is 1. The summed E-state index contributed by atoms with van der Waals surface area (Å²) in [4.78, 5) is 18.5. The molecule has 132 valence electrons. The lowest BCUT2D eigenvalue weighted by Gasteiger charge is -2.37. The Labute approximate surface area is 143 Å². The third kappa shape index (κ3) is 4.32. The molecule has 3 heterocycles. The van der Waals surface area contributed by atoms with E-state index in [0.717, 1.165) is 30.7 Å². The van der Waals surface area contributed by atoms with Crippen LogP contribution in [0.25, 0.3) is 0 Å². The van der Waals surface area contributed by atoms with Gasteiger partial charge < -0.3 is 15.2 Å². The van der Waals surface area contributed by atoms with Crippen LogP contribution < -0.4 is 5.32 Å². The van der Waals surface area contributed by atoms with Crippen molar-refractivity contribution >= 4 is 5.91 Å². The van der Waals surface area contributed by atoms with Crippen LogP contribution in [0.3, 0.4) is 0 Å². The summed E-state index contributed by atoms with van der Waals surface area (Å²) in [5.41, 5.74) is 0.941. The highest BCUT2D eigenvalue weighted by molar-refractivity contribution is 5.78. The predicted molar refractivity (Wildman–Crippen MR) is 90.5 cm³/mol. The maximum absolute atomic E-state index is 12.1. The zero-order chi connectivity index (χ0) is 17.0. The van der Waals surface area contributed by atoms with Crippen molar-refractivity contribution in [1.29, 1.82) is 0 Å². The molecule has 0 spiro atoms. The average molecular weight is 333 g/mol. The largest absolute Gasteiger partial charge is 0.383 e. The van der Waals surface area contributed by atoms with Gasteiger partial charge in [-0.1, -0.05) is 6.07 Å². The summed E-state index contributed by atoms with van der Waals surface area (Å²) in [6, 6.07) is 3.88. The Balaban J connectivity index is 1.44. The van der Waals surface area contributed by atoms with E-state index in [2.05, 4.69) is 15.2 Å². The second-order valence-electron chi connectivity index (χ2n) is 6.97. The molecule has 6 heteroatoms. The first-order valence-electron chi connectivity index (χ1n) is 8.81. The van der Waals surface area contributed by atoms with Crippen LogP contribution in [0.5, 0.6) is 0 Å². The molecule has 0 saturated carbocycles. The van der Waals surface area contributed by atoms with Crippen LogP contribution in [-0.2, 0) is 15.1 Å². The minimum atomic E-state index is -0.877. The lowest BCUT2D eigenvalue weighted by Crippen LogP contribution is -2.47. The highest BCUT2D eigenvalue weighted by Crippen LogP contribution is 2.31. The van der Waals surface area contributed by atoms with E-state index in [-0.39, 0.29) is 12.0 Å². The quantitative estimate of drug-likeness (QED) is 0.840. The monoisotopic (exact) mass is 333 g/mol. The number of aliphatic hydroxyl groups is 1. The van der Waals surface area contributed by atoms with Gasteiger partial charge in [0.25, 0.3) is 0 Å². The van der Waals surface area contributed by atoms with E-state index in [1.54, 1.807) is 6.20 Å². The van der Waals surface area contributed by atoms with E-state index in [9.17, 15) is 9.90 Å². The van der Waals surface area contributed by atoms with Crippen LogP contribution in [0.1, 0.15) is 36.9 Å². The third-order valence-corrected chi connectivity index (χ3v) is 4.99. The molecule has 1 aromatic rings. The molecule has 1 unspecified atom stereocenters. The number of aromatic nitrogens is 1. The number of carbonyl (C=O) groups excluding carboxylic acids is 1. The van der Waals surface area contributed by atoms with Crippen molar-refractivity contribution in [2.75, 3.05) is 32.8 Å². The van der Waals surface area contributed by atoms with Crippen LogP contribution in [-0.4, -0.2) is 59.8 Å². The van der Waals surface area contributed by atoms with Crippen molar-refractivity contribution in [3.63, 3.8) is 0 Å². The summed E-state index contributed by atoms with van der Waals surface area (Å²) in [7, 11) is 0. The predicted octanol–water partition coefficient (Wildman–Crippen LogP) is 0.969. The Morgan fingerprint density at radius 2 is 2.25 bits per heavy atom. The molecule has 2 N–H and O–H groups in total. The Hall–Kier alpha value is -1.50. The maximum atomic E-state index is 12.1. The molecule has 2 saturated heterocycles. The second kappa shape index (κ2) is 7.59. The molecule has 0 aromatic carbocycles. The summed E-state index contributed by atoms with van der Waals surface area (Å²) in [5.74, 6) is 0.0319. The molecule has 3 rings (SSSR count). The van der Waals surface area contributed by atoms with Gasteiger partial charge in [0, 0.05) is 32.4 Å². The molecular weight excluding hydrogens is 306 g/mol. The first-order chi connectivity index (χ1) is 11.5. The van der Waals surface area contributed by atoms with Gasteiger partial charge >= 0.3 is 0 Å². The molecule has 1 atom stereocenters. The SMILES string of the molecule is Cc1ccc(C2(O)CCN(CC(=O)NCC3CCCO3)CC2)nc1. The van der Waals surface area contributed by atoms with Crippen molar-refractivity contribution in [3.05, 3.63) is 29.6 Å². The standard InChI is InChI=1S/C18H27N3O3/c1-14-4-5-16(19-11-14)18(23)6-8-21(9-7-18)13-17(22)20-12-15-3-2-10-24-15/h4-5,11,15,23H,2-3,6-10,12-13H2,1H3,(H,20,22). The molecule has 0 radical (unpaired) electrons. The summed E-state index contributed by atoms with van der Waals surface area (Å²) >= 11 is 0. The van der Waals surface area contributed by atoms with E-state index >= 15 is 0 Å². The first kappa shape index (κ1) is 17.3. The minimum Gasteiger partial charge on any atom is -0.383 e. The van der Waals surface area contributed by atoms with Gasteiger partial charge in [0.15, 0.2) is 0 Å². The number of piperidine rings is 1. The number of carbonyl (C=O) groups is 1.